The number of anilines is 1. The van der Waals surface area contributed by atoms with Crippen LogP contribution in [0.2, 0.25) is 0 Å². The van der Waals surface area contributed by atoms with Crippen LogP contribution in [0, 0.1) is 11.3 Å². The molecule has 0 amide bonds. The van der Waals surface area contributed by atoms with Gasteiger partial charge in [0.15, 0.2) is 0 Å². The average Bonchev–Trinajstić information content (AvgIpc) is 3.21. The Labute approximate surface area is 179 Å². The number of hydrogen-bond acceptors (Lipinski definition) is 7. The maximum atomic E-state index is 13.5. The van der Waals surface area contributed by atoms with Crippen molar-refractivity contribution in [3.05, 3.63) is 57.3 Å². The third-order valence-electron chi connectivity index (χ3n) is 5.01. The monoisotopic (exact) mass is 424 g/mol. The Morgan fingerprint density at radius 2 is 2.13 bits per heavy atom. The molecule has 0 aliphatic carbocycles. The molecule has 0 bridgehead atoms. The van der Waals surface area contributed by atoms with Crippen LogP contribution in [0.15, 0.2) is 46.8 Å². The first kappa shape index (κ1) is 21.5. The molecular formula is C22H24N4O3S. The SMILES string of the molecule is C=C/C(C#N)=C(\C=C/C)Cn1c(N2CCCCC2)nc2cc(C(=O)OC)sc2c1=O. The summed E-state index contributed by atoms with van der Waals surface area (Å²) in [6.07, 6.45) is 8.33. The van der Waals surface area contributed by atoms with E-state index in [9.17, 15) is 14.9 Å². The van der Waals surface area contributed by atoms with Crippen molar-refractivity contribution in [1.82, 2.24) is 9.55 Å². The lowest BCUT2D eigenvalue weighted by Crippen LogP contribution is -2.36. The molecular weight excluding hydrogens is 400 g/mol. The number of piperidine rings is 1. The van der Waals surface area contributed by atoms with Gasteiger partial charge in [-0.05, 0) is 37.8 Å². The molecule has 1 aliphatic rings. The van der Waals surface area contributed by atoms with Crippen LogP contribution in [0.5, 0.6) is 0 Å². The lowest BCUT2D eigenvalue weighted by molar-refractivity contribution is 0.0606. The molecule has 1 aliphatic heterocycles. The second-order valence-electron chi connectivity index (χ2n) is 6.92. The minimum atomic E-state index is -0.489. The summed E-state index contributed by atoms with van der Waals surface area (Å²) in [7, 11) is 1.31. The fourth-order valence-electron chi connectivity index (χ4n) is 3.53. The molecule has 156 valence electrons. The smallest absolute Gasteiger partial charge is 0.348 e. The van der Waals surface area contributed by atoms with Gasteiger partial charge in [0.1, 0.15) is 9.58 Å². The Morgan fingerprint density at radius 1 is 1.40 bits per heavy atom. The first-order chi connectivity index (χ1) is 14.5. The molecule has 2 aromatic heterocycles. The predicted octanol–water partition coefficient (Wildman–Crippen LogP) is 3.82. The highest BCUT2D eigenvalue weighted by Crippen LogP contribution is 2.26. The number of aromatic nitrogens is 2. The van der Waals surface area contributed by atoms with E-state index < -0.39 is 5.97 Å². The van der Waals surface area contributed by atoms with E-state index in [0.29, 0.717) is 32.2 Å². The Kier molecular flexibility index (Phi) is 6.85. The fourth-order valence-corrected chi connectivity index (χ4v) is 4.49. The fraction of sp³-hybridized carbons (Fsp3) is 0.364. The molecule has 0 radical (unpaired) electrons. The van der Waals surface area contributed by atoms with Crippen molar-refractivity contribution in [3.8, 4) is 6.07 Å². The highest BCUT2D eigenvalue weighted by Gasteiger charge is 2.22. The van der Waals surface area contributed by atoms with Gasteiger partial charge in [0.2, 0.25) is 5.95 Å². The highest BCUT2D eigenvalue weighted by atomic mass is 32.1. The zero-order chi connectivity index (χ0) is 21.7. The minimum Gasteiger partial charge on any atom is -0.465 e. The number of ether oxygens (including phenoxy) is 1. The van der Waals surface area contributed by atoms with Gasteiger partial charge in [-0.15, -0.1) is 11.3 Å². The van der Waals surface area contributed by atoms with E-state index in [0.717, 1.165) is 43.7 Å². The van der Waals surface area contributed by atoms with Crippen LogP contribution >= 0.6 is 11.3 Å². The second kappa shape index (κ2) is 9.55. The molecule has 3 heterocycles. The maximum Gasteiger partial charge on any atom is 0.348 e. The average molecular weight is 425 g/mol. The van der Waals surface area contributed by atoms with E-state index in [4.69, 9.17) is 9.72 Å². The zero-order valence-corrected chi connectivity index (χ0v) is 18.0. The first-order valence-corrected chi connectivity index (χ1v) is 10.6. The topological polar surface area (TPSA) is 88.2 Å². The number of rotatable bonds is 6. The number of nitriles is 1. The van der Waals surface area contributed by atoms with Gasteiger partial charge >= 0.3 is 5.97 Å². The number of thiophene rings is 1. The molecule has 0 saturated carbocycles. The first-order valence-electron chi connectivity index (χ1n) is 9.80. The molecule has 0 N–H and O–H groups in total. The van der Waals surface area contributed by atoms with Crippen LogP contribution in [0.1, 0.15) is 35.9 Å². The summed E-state index contributed by atoms with van der Waals surface area (Å²) in [6.45, 7) is 7.38. The van der Waals surface area contributed by atoms with E-state index in [2.05, 4.69) is 17.5 Å². The number of allylic oxidation sites excluding steroid dienone is 5. The van der Waals surface area contributed by atoms with Crippen molar-refractivity contribution in [3.63, 3.8) is 0 Å². The molecule has 0 atom stereocenters. The largest absolute Gasteiger partial charge is 0.465 e. The zero-order valence-electron chi connectivity index (χ0n) is 17.2. The lowest BCUT2D eigenvalue weighted by atomic mass is 10.1. The number of hydrogen-bond donors (Lipinski definition) is 0. The van der Waals surface area contributed by atoms with Gasteiger partial charge in [0.25, 0.3) is 5.56 Å². The molecule has 1 saturated heterocycles. The Hall–Kier alpha value is -3.18. The van der Waals surface area contributed by atoms with Crippen molar-refractivity contribution in [2.24, 2.45) is 0 Å². The van der Waals surface area contributed by atoms with Crippen molar-refractivity contribution in [2.75, 3.05) is 25.1 Å². The molecule has 0 aromatic carbocycles. The van der Waals surface area contributed by atoms with Crippen LogP contribution in [0.3, 0.4) is 0 Å². The molecule has 8 heteroatoms. The van der Waals surface area contributed by atoms with E-state index in [1.165, 1.54) is 13.2 Å². The number of carbonyl (C=O) groups excluding carboxylic acids is 1. The van der Waals surface area contributed by atoms with Crippen LogP contribution in [-0.4, -0.2) is 35.7 Å². The number of fused-ring (bicyclic) bond motifs is 1. The Bertz CT molecular complexity index is 1130. The molecule has 3 rings (SSSR count). The van der Waals surface area contributed by atoms with Gasteiger partial charge in [-0.2, -0.15) is 5.26 Å². The van der Waals surface area contributed by atoms with Crippen LogP contribution in [0.4, 0.5) is 5.95 Å². The molecule has 0 unspecified atom stereocenters. The summed E-state index contributed by atoms with van der Waals surface area (Å²) in [5.74, 6) is 0.0705. The summed E-state index contributed by atoms with van der Waals surface area (Å²) in [5, 5.41) is 9.48. The van der Waals surface area contributed by atoms with E-state index in [1.54, 1.807) is 10.6 Å². The van der Waals surface area contributed by atoms with Crippen molar-refractivity contribution in [1.29, 1.82) is 5.26 Å². The Balaban J connectivity index is 2.23. The number of nitrogens with zero attached hydrogens (tertiary/aromatic N) is 4. The van der Waals surface area contributed by atoms with Gasteiger partial charge in [-0.25, -0.2) is 9.78 Å². The third kappa shape index (κ3) is 4.21. The van der Waals surface area contributed by atoms with E-state index in [-0.39, 0.29) is 12.1 Å². The van der Waals surface area contributed by atoms with Gasteiger partial charge in [0, 0.05) is 13.1 Å². The van der Waals surface area contributed by atoms with Gasteiger partial charge in [0.05, 0.1) is 30.8 Å². The molecule has 1 fully saturated rings. The van der Waals surface area contributed by atoms with E-state index in [1.807, 2.05) is 19.1 Å². The molecule has 30 heavy (non-hydrogen) atoms. The van der Waals surface area contributed by atoms with Gasteiger partial charge in [-0.3, -0.25) is 9.36 Å². The predicted molar refractivity (Wildman–Crippen MR) is 119 cm³/mol. The second-order valence-corrected chi connectivity index (χ2v) is 7.97. The van der Waals surface area contributed by atoms with Crippen molar-refractivity contribution < 1.29 is 9.53 Å². The summed E-state index contributed by atoms with van der Waals surface area (Å²) in [5.41, 5.74) is 1.35. The number of methoxy groups -OCH3 is 1. The van der Waals surface area contributed by atoms with Gasteiger partial charge in [-0.1, -0.05) is 24.8 Å². The Morgan fingerprint density at radius 3 is 2.73 bits per heavy atom. The van der Waals surface area contributed by atoms with Crippen molar-refractivity contribution in [2.45, 2.75) is 32.7 Å². The van der Waals surface area contributed by atoms with Gasteiger partial charge < -0.3 is 9.64 Å². The molecule has 0 spiro atoms. The van der Waals surface area contributed by atoms with Crippen LogP contribution < -0.4 is 10.5 Å². The summed E-state index contributed by atoms with van der Waals surface area (Å²) in [4.78, 5) is 32.6. The minimum absolute atomic E-state index is 0.193. The summed E-state index contributed by atoms with van der Waals surface area (Å²) >= 11 is 1.08. The highest BCUT2D eigenvalue weighted by molar-refractivity contribution is 7.20. The lowest BCUT2D eigenvalue weighted by Gasteiger charge is -2.29. The quantitative estimate of drug-likeness (QED) is 0.398. The standard InChI is InChI=1S/C22H24N4O3S/c1-4-9-16(15(5-2)13-23)14-26-20(27)19-17(12-18(30-19)21(28)29-3)24-22(26)25-10-7-6-8-11-25/h4-5,9,12H,2,6-8,10-11,14H2,1,3H3/b9-4-,16-15-. The molecule has 2 aromatic rings. The van der Waals surface area contributed by atoms with Crippen LogP contribution in [0.25, 0.3) is 10.2 Å². The summed E-state index contributed by atoms with van der Waals surface area (Å²) < 4.78 is 6.80. The molecule has 7 nitrogen and oxygen atoms in total. The van der Waals surface area contributed by atoms with E-state index >= 15 is 0 Å². The third-order valence-corrected chi connectivity index (χ3v) is 6.10. The number of esters is 1. The maximum absolute atomic E-state index is 13.5. The summed E-state index contributed by atoms with van der Waals surface area (Å²) in [6, 6.07) is 3.75. The normalized spacial score (nSPS) is 15.2. The number of carbonyl (C=O) groups is 1. The van der Waals surface area contributed by atoms with Crippen molar-refractivity contribution >= 4 is 33.5 Å². The van der Waals surface area contributed by atoms with Crippen LogP contribution in [-0.2, 0) is 11.3 Å².